The normalized spacial score (nSPS) is 11.2. The fourth-order valence-electron chi connectivity index (χ4n) is 0.746. The topological polar surface area (TPSA) is 68.3 Å². The first kappa shape index (κ1) is 12.3. The maximum absolute atomic E-state index is 11.1. The van der Waals surface area contributed by atoms with E-state index in [-0.39, 0.29) is 24.4 Å². The highest BCUT2D eigenvalue weighted by molar-refractivity contribution is 7.92. The molecule has 4 nitrogen and oxygen atoms in total. The van der Waals surface area contributed by atoms with Gasteiger partial charge in [-0.3, -0.25) is 9.59 Å². The molecule has 0 N–H and O–H groups in total. The monoisotopic (exact) mass is 206 g/mol. The van der Waals surface area contributed by atoms with Crippen molar-refractivity contribution in [3.05, 3.63) is 0 Å². The Bertz CT molecular complexity index is 265. The van der Waals surface area contributed by atoms with E-state index < -0.39 is 21.3 Å². The molecule has 0 aliphatic carbocycles. The van der Waals surface area contributed by atoms with E-state index in [0.717, 1.165) is 0 Å². The predicted octanol–water partition coefficient (Wildman–Crippen LogP) is 0.359. The summed E-state index contributed by atoms with van der Waals surface area (Å²) in [4.78, 5) is 21.6. The lowest BCUT2D eigenvalue weighted by atomic mass is 10.3. The Morgan fingerprint density at radius 3 is 1.46 bits per heavy atom. The fraction of sp³-hybridized carbons (Fsp3) is 0.750. The van der Waals surface area contributed by atoms with E-state index in [1.54, 1.807) is 13.8 Å². The molecule has 0 bridgehead atoms. The maximum Gasteiger partial charge on any atom is 0.164 e. The molecule has 0 saturated carbocycles. The van der Waals surface area contributed by atoms with Gasteiger partial charge in [-0.15, -0.1) is 0 Å². The SMILES string of the molecule is CCC(=O)CS(=O)(=O)CC(=O)CC. The van der Waals surface area contributed by atoms with Crippen molar-refractivity contribution < 1.29 is 18.0 Å². The van der Waals surface area contributed by atoms with Gasteiger partial charge >= 0.3 is 0 Å². The van der Waals surface area contributed by atoms with Gasteiger partial charge < -0.3 is 0 Å². The van der Waals surface area contributed by atoms with Crippen LogP contribution in [0.15, 0.2) is 0 Å². The minimum Gasteiger partial charge on any atom is -0.299 e. The third-order valence-electron chi connectivity index (χ3n) is 1.55. The molecule has 0 aliphatic rings. The Kier molecular flexibility index (Phi) is 4.83. The van der Waals surface area contributed by atoms with Crippen molar-refractivity contribution in [1.29, 1.82) is 0 Å². The Balaban J connectivity index is 4.26. The number of carbonyl (C=O) groups is 2. The molecule has 0 heterocycles. The van der Waals surface area contributed by atoms with Crippen molar-refractivity contribution >= 4 is 21.4 Å². The number of Topliss-reactive ketones (excluding diaryl/α,β-unsaturated/α-hetero) is 2. The first-order valence-electron chi connectivity index (χ1n) is 4.15. The summed E-state index contributed by atoms with van der Waals surface area (Å²) in [6, 6.07) is 0. The zero-order valence-electron chi connectivity index (χ0n) is 7.87. The number of carbonyl (C=O) groups excluding carboxylic acids is 2. The molecule has 0 rings (SSSR count). The van der Waals surface area contributed by atoms with Gasteiger partial charge in [-0.25, -0.2) is 8.42 Å². The second-order valence-electron chi connectivity index (χ2n) is 2.82. The summed E-state index contributed by atoms with van der Waals surface area (Å²) in [5.41, 5.74) is 0. The van der Waals surface area contributed by atoms with E-state index in [9.17, 15) is 18.0 Å². The number of sulfone groups is 1. The Morgan fingerprint density at radius 2 is 1.23 bits per heavy atom. The minimum atomic E-state index is -3.50. The van der Waals surface area contributed by atoms with Crippen molar-refractivity contribution in [2.75, 3.05) is 11.5 Å². The van der Waals surface area contributed by atoms with Crippen LogP contribution in [0, 0.1) is 0 Å². The van der Waals surface area contributed by atoms with Gasteiger partial charge in [0.1, 0.15) is 23.1 Å². The Hall–Kier alpha value is -0.710. The molecule has 76 valence electrons. The lowest BCUT2D eigenvalue weighted by Crippen LogP contribution is -2.22. The zero-order chi connectivity index (χ0) is 10.5. The van der Waals surface area contributed by atoms with Crippen molar-refractivity contribution in [3.63, 3.8) is 0 Å². The van der Waals surface area contributed by atoms with Crippen LogP contribution in [-0.2, 0) is 19.4 Å². The average molecular weight is 206 g/mol. The Morgan fingerprint density at radius 1 is 0.923 bits per heavy atom. The summed E-state index contributed by atoms with van der Waals surface area (Å²) in [6.45, 7) is 3.19. The van der Waals surface area contributed by atoms with Crippen LogP contribution < -0.4 is 0 Å². The molecule has 0 aliphatic heterocycles. The van der Waals surface area contributed by atoms with E-state index >= 15 is 0 Å². The molecule has 0 unspecified atom stereocenters. The molecule has 13 heavy (non-hydrogen) atoms. The molecule has 5 heteroatoms. The smallest absolute Gasteiger partial charge is 0.164 e. The second kappa shape index (κ2) is 5.11. The van der Waals surface area contributed by atoms with Crippen molar-refractivity contribution in [3.8, 4) is 0 Å². The first-order valence-corrected chi connectivity index (χ1v) is 5.97. The van der Waals surface area contributed by atoms with Crippen molar-refractivity contribution in [2.24, 2.45) is 0 Å². The third kappa shape index (κ3) is 5.52. The third-order valence-corrected chi connectivity index (χ3v) is 3.07. The summed E-state index contributed by atoms with van der Waals surface area (Å²) < 4.78 is 22.3. The second-order valence-corrected chi connectivity index (χ2v) is 4.88. The summed E-state index contributed by atoms with van der Waals surface area (Å²) in [6.07, 6.45) is 0.388. The number of rotatable bonds is 6. The first-order chi connectivity index (χ1) is 5.91. The Labute approximate surface area is 78.2 Å². The van der Waals surface area contributed by atoms with Crippen molar-refractivity contribution in [1.82, 2.24) is 0 Å². The van der Waals surface area contributed by atoms with E-state index in [0.29, 0.717) is 0 Å². The van der Waals surface area contributed by atoms with E-state index in [1.165, 1.54) is 0 Å². The summed E-state index contributed by atoms with van der Waals surface area (Å²) in [5, 5.41) is 0. The van der Waals surface area contributed by atoms with Gasteiger partial charge in [0.25, 0.3) is 0 Å². The number of ketones is 2. The van der Waals surface area contributed by atoms with Crippen LogP contribution in [0.3, 0.4) is 0 Å². The van der Waals surface area contributed by atoms with Crippen LogP contribution in [0.1, 0.15) is 26.7 Å². The van der Waals surface area contributed by atoms with E-state index in [2.05, 4.69) is 0 Å². The lowest BCUT2D eigenvalue weighted by molar-refractivity contribution is -0.116. The van der Waals surface area contributed by atoms with Crippen LogP contribution in [0.25, 0.3) is 0 Å². The van der Waals surface area contributed by atoms with Crippen LogP contribution in [-0.4, -0.2) is 31.5 Å². The quantitative estimate of drug-likeness (QED) is 0.629. The highest BCUT2D eigenvalue weighted by Gasteiger charge is 2.18. The van der Waals surface area contributed by atoms with Gasteiger partial charge in [0.2, 0.25) is 0 Å². The average Bonchev–Trinajstić information content (AvgIpc) is 2.02. The molecule has 0 aromatic heterocycles. The van der Waals surface area contributed by atoms with Gasteiger partial charge in [0, 0.05) is 12.8 Å². The molecule has 0 aromatic rings. The molecular formula is C8H14O4S. The van der Waals surface area contributed by atoms with Crippen LogP contribution in [0.4, 0.5) is 0 Å². The molecule has 0 spiro atoms. The van der Waals surface area contributed by atoms with Gasteiger partial charge in [-0.1, -0.05) is 13.8 Å². The fourth-order valence-corrected chi connectivity index (χ4v) is 2.24. The standard InChI is InChI=1S/C8H14O4S/c1-3-7(9)5-13(11,12)6-8(10)4-2/h3-6H2,1-2H3. The van der Waals surface area contributed by atoms with Gasteiger partial charge in [0.05, 0.1) is 0 Å². The van der Waals surface area contributed by atoms with Crippen molar-refractivity contribution in [2.45, 2.75) is 26.7 Å². The summed E-state index contributed by atoms with van der Waals surface area (Å²) in [7, 11) is -3.50. The van der Waals surface area contributed by atoms with Crippen LogP contribution in [0.5, 0.6) is 0 Å². The largest absolute Gasteiger partial charge is 0.299 e. The van der Waals surface area contributed by atoms with E-state index in [4.69, 9.17) is 0 Å². The van der Waals surface area contributed by atoms with Gasteiger partial charge in [-0.05, 0) is 0 Å². The maximum atomic E-state index is 11.1. The molecule has 0 atom stereocenters. The predicted molar refractivity (Wildman–Crippen MR) is 49.2 cm³/mol. The van der Waals surface area contributed by atoms with Gasteiger partial charge in [-0.2, -0.15) is 0 Å². The molecule has 0 saturated heterocycles. The highest BCUT2D eigenvalue weighted by atomic mass is 32.2. The van der Waals surface area contributed by atoms with E-state index in [1.807, 2.05) is 0 Å². The minimum absolute atomic E-state index is 0.194. The molecule has 0 fully saturated rings. The van der Waals surface area contributed by atoms with Crippen LogP contribution >= 0.6 is 0 Å². The lowest BCUT2D eigenvalue weighted by Gasteiger charge is -1.99. The summed E-state index contributed by atoms with van der Waals surface area (Å²) in [5.74, 6) is -1.70. The van der Waals surface area contributed by atoms with Gasteiger partial charge in [0.15, 0.2) is 9.84 Å². The zero-order valence-corrected chi connectivity index (χ0v) is 8.69. The highest BCUT2D eigenvalue weighted by Crippen LogP contribution is 1.96. The van der Waals surface area contributed by atoms with Crippen LogP contribution in [0.2, 0.25) is 0 Å². The molecule has 0 aromatic carbocycles. The summed E-state index contributed by atoms with van der Waals surface area (Å²) >= 11 is 0. The number of hydrogen-bond acceptors (Lipinski definition) is 4. The molecule has 0 amide bonds. The molecular weight excluding hydrogens is 192 g/mol. The number of hydrogen-bond donors (Lipinski definition) is 0. The molecule has 0 radical (unpaired) electrons.